The van der Waals surface area contributed by atoms with Crippen molar-refractivity contribution in [3.05, 3.63) is 77.9 Å². The van der Waals surface area contributed by atoms with Crippen LogP contribution in [0, 0.1) is 6.92 Å². The van der Waals surface area contributed by atoms with E-state index in [9.17, 15) is 4.79 Å². The number of fused-ring (bicyclic) bond motifs is 3. The Balaban J connectivity index is 1.58. The molecule has 0 spiro atoms. The van der Waals surface area contributed by atoms with E-state index < -0.39 is 6.10 Å². The zero-order chi connectivity index (χ0) is 22.9. The number of methoxy groups -OCH3 is 1. The van der Waals surface area contributed by atoms with Crippen molar-refractivity contribution in [2.75, 3.05) is 18.6 Å². The van der Waals surface area contributed by atoms with Crippen LogP contribution >= 0.6 is 11.8 Å². The van der Waals surface area contributed by atoms with Gasteiger partial charge in [0.25, 0.3) is 0 Å². The second-order valence-corrected chi connectivity index (χ2v) is 8.99. The summed E-state index contributed by atoms with van der Waals surface area (Å²) in [6.07, 6.45) is -0.176. The first kappa shape index (κ1) is 21.6. The molecule has 0 N–H and O–H groups in total. The first-order chi connectivity index (χ1) is 16.1. The third-order valence-corrected chi connectivity index (χ3v) is 6.99. The molecule has 168 valence electrons. The predicted molar refractivity (Wildman–Crippen MR) is 131 cm³/mol. The number of hydrogen-bond acceptors (Lipinski definition) is 6. The van der Waals surface area contributed by atoms with E-state index in [1.807, 2.05) is 19.1 Å². The van der Waals surface area contributed by atoms with Gasteiger partial charge in [-0.15, -0.1) is 0 Å². The van der Waals surface area contributed by atoms with Crippen molar-refractivity contribution in [3.8, 4) is 0 Å². The Morgan fingerprint density at radius 1 is 1.03 bits per heavy atom. The third-order valence-electron chi connectivity index (χ3n) is 5.86. The molecule has 0 aliphatic carbocycles. The monoisotopic (exact) mass is 459 g/mol. The fourth-order valence-electron chi connectivity index (χ4n) is 4.28. The lowest BCUT2D eigenvalue weighted by Gasteiger charge is -2.31. The minimum Gasteiger partial charge on any atom is -0.467 e. The van der Waals surface area contributed by atoms with Crippen LogP contribution in [0.5, 0.6) is 0 Å². The summed E-state index contributed by atoms with van der Waals surface area (Å²) in [4.78, 5) is 16.7. The van der Waals surface area contributed by atoms with Crippen molar-refractivity contribution >= 4 is 46.0 Å². The van der Waals surface area contributed by atoms with Crippen molar-refractivity contribution in [3.63, 3.8) is 0 Å². The van der Waals surface area contributed by atoms with Crippen molar-refractivity contribution in [1.82, 2.24) is 0 Å². The highest BCUT2D eigenvalue weighted by Gasteiger charge is 2.29. The van der Waals surface area contributed by atoms with Gasteiger partial charge in [0.1, 0.15) is 5.58 Å². The van der Waals surface area contributed by atoms with E-state index in [2.05, 4.69) is 66.4 Å². The van der Waals surface area contributed by atoms with E-state index in [1.54, 1.807) is 11.8 Å². The molecule has 6 heteroatoms. The molecule has 5 nitrogen and oxygen atoms in total. The molecule has 4 aromatic rings. The number of furan rings is 1. The predicted octanol–water partition coefficient (Wildman–Crippen LogP) is 6.80. The standard InChI is InChI=1S/C27H25NO4S/c1-4-31-23(27(29)30-3)16-18-13-14-22-19(15-18)17(2)26(32-22)28-20-9-5-7-11-24(20)33-25-12-8-6-10-21(25)28/h5-15,23H,4,16H2,1-3H3. The maximum atomic E-state index is 12.1. The van der Waals surface area contributed by atoms with E-state index in [0.717, 1.165) is 39.4 Å². The molecule has 0 radical (unpaired) electrons. The van der Waals surface area contributed by atoms with Gasteiger partial charge in [0.2, 0.25) is 5.88 Å². The number of ether oxygens (including phenoxy) is 2. The van der Waals surface area contributed by atoms with Gasteiger partial charge >= 0.3 is 5.97 Å². The molecule has 3 aromatic carbocycles. The molecule has 0 fully saturated rings. The zero-order valence-corrected chi connectivity index (χ0v) is 19.6. The number of carbonyl (C=O) groups excluding carboxylic acids is 1. The van der Waals surface area contributed by atoms with E-state index in [1.165, 1.54) is 16.9 Å². The molecule has 1 aromatic heterocycles. The van der Waals surface area contributed by atoms with Crippen LogP contribution in [0.3, 0.4) is 0 Å². The molecule has 0 amide bonds. The summed E-state index contributed by atoms with van der Waals surface area (Å²) in [5.41, 5.74) is 5.06. The van der Waals surface area contributed by atoms with Crippen molar-refractivity contribution in [1.29, 1.82) is 0 Å². The Bertz CT molecular complexity index is 1280. The maximum absolute atomic E-state index is 12.1. The molecule has 1 atom stereocenters. The third kappa shape index (κ3) is 3.90. The number of nitrogens with zero attached hydrogens (tertiary/aromatic N) is 1. The van der Waals surface area contributed by atoms with Gasteiger partial charge in [-0.2, -0.15) is 0 Å². The van der Waals surface area contributed by atoms with Crippen molar-refractivity contribution in [2.45, 2.75) is 36.2 Å². The SMILES string of the molecule is CCOC(Cc1ccc2oc(N3c4ccccc4Sc4ccccc43)c(C)c2c1)C(=O)OC. The second kappa shape index (κ2) is 8.96. The number of hydrogen-bond donors (Lipinski definition) is 0. The Hall–Kier alpha value is -3.22. The summed E-state index contributed by atoms with van der Waals surface area (Å²) >= 11 is 1.77. The first-order valence-electron chi connectivity index (χ1n) is 11.0. The van der Waals surface area contributed by atoms with Gasteiger partial charge in [-0.3, -0.25) is 4.90 Å². The Labute approximate surface area is 197 Å². The zero-order valence-electron chi connectivity index (χ0n) is 18.8. The van der Waals surface area contributed by atoms with Crippen LogP contribution in [-0.4, -0.2) is 25.8 Å². The number of anilines is 3. The number of esters is 1. The highest BCUT2D eigenvalue weighted by molar-refractivity contribution is 7.99. The highest BCUT2D eigenvalue weighted by atomic mass is 32.2. The first-order valence-corrected chi connectivity index (χ1v) is 11.8. The summed E-state index contributed by atoms with van der Waals surface area (Å²) in [6, 6.07) is 22.8. The quantitative estimate of drug-likeness (QED) is 0.260. The molecular weight excluding hydrogens is 434 g/mol. The van der Waals surface area contributed by atoms with Gasteiger partial charge in [-0.25, -0.2) is 4.79 Å². The van der Waals surface area contributed by atoms with Gasteiger partial charge in [-0.1, -0.05) is 42.1 Å². The van der Waals surface area contributed by atoms with E-state index in [4.69, 9.17) is 13.9 Å². The Kier molecular flexibility index (Phi) is 5.87. The minimum atomic E-state index is -0.623. The summed E-state index contributed by atoms with van der Waals surface area (Å²) < 4.78 is 16.9. The van der Waals surface area contributed by atoms with Gasteiger partial charge in [0.05, 0.1) is 18.5 Å². The number of rotatable bonds is 6. The summed E-state index contributed by atoms with van der Waals surface area (Å²) in [6.45, 7) is 4.40. The molecule has 0 saturated heterocycles. The molecule has 0 saturated carbocycles. The smallest absolute Gasteiger partial charge is 0.335 e. The average molecular weight is 460 g/mol. The molecule has 1 aliphatic rings. The van der Waals surface area contributed by atoms with Crippen molar-refractivity contribution < 1.29 is 18.7 Å². The van der Waals surface area contributed by atoms with Crippen LogP contribution in [0.15, 0.2) is 80.9 Å². The lowest BCUT2D eigenvalue weighted by molar-refractivity contribution is -0.153. The Morgan fingerprint density at radius 2 is 1.70 bits per heavy atom. The lowest BCUT2D eigenvalue weighted by atomic mass is 10.0. The van der Waals surface area contributed by atoms with E-state index >= 15 is 0 Å². The Morgan fingerprint density at radius 3 is 2.33 bits per heavy atom. The minimum absolute atomic E-state index is 0.361. The molecule has 1 unspecified atom stereocenters. The number of aryl methyl sites for hydroxylation is 1. The van der Waals surface area contributed by atoms with Crippen LogP contribution in [0.2, 0.25) is 0 Å². The van der Waals surface area contributed by atoms with Gasteiger partial charge < -0.3 is 13.9 Å². The van der Waals surface area contributed by atoms with Crippen LogP contribution in [0.25, 0.3) is 11.0 Å². The fourth-order valence-corrected chi connectivity index (χ4v) is 5.33. The largest absolute Gasteiger partial charge is 0.467 e. The number of benzene rings is 3. The van der Waals surface area contributed by atoms with Gasteiger partial charge in [-0.05, 0) is 55.8 Å². The molecular formula is C27H25NO4S. The average Bonchev–Trinajstić information content (AvgIpc) is 3.17. The number of carbonyl (C=O) groups is 1. The maximum Gasteiger partial charge on any atom is 0.335 e. The van der Waals surface area contributed by atoms with Crippen molar-refractivity contribution in [2.24, 2.45) is 0 Å². The summed E-state index contributed by atoms with van der Waals surface area (Å²) in [5, 5.41) is 1.02. The van der Waals surface area contributed by atoms with E-state index in [0.29, 0.717) is 13.0 Å². The second-order valence-electron chi connectivity index (χ2n) is 7.91. The lowest BCUT2D eigenvalue weighted by Crippen LogP contribution is -2.28. The van der Waals surface area contributed by atoms with Crippen LogP contribution in [0.4, 0.5) is 17.3 Å². The van der Waals surface area contributed by atoms with Crippen LogP contribution < -0.4 is 4.90 Å². The molecule has 0 bridgehead atoms. The fraction of sp³-hybridized carbons (Fsp3) is 0.222. The van der Waals surface area contributed by atoms with Gasteiger partial charge in [0, 0.05) is 33.8 Å². The summed E-state index contributed by atoms with van der Waals surface area (Å²) in [5.74, 6) is 0.442. The topological polar surface area (TPSA) is 51.9 Å². The molecule has 5 rings (SSSR count). The van der Waals surface area contributed by atoms with E-state index in [-0.39, 0.29) is 5.97 Å². The normalized spacial score (nSPS) is 13.5. The summed E-state index contributed by atoms with van der Waals surface area (Å²) in [7, 11) is 1.39. The molecule has 33 heavy (non-hydrogen) atoms. The molecule has 1 aliphatic heterocycles. The van der Waals surface area contributed by atoms with Crippen LogP contribution in [0.1, 0.15) is 18.1 Å². The van der Waals surface area contributed by atoms with Crippen LogP contribution in [-0.2, 0) is 20.7 Å². The highest BCUT2D eigenvalue weighted by Crippen LogP contribution is 2.52. The number of para-hydroxylation sites is 2. The molecule has 2 heterocycles. The van der Waals surface area contributed by atoms with Gasteiger partial charge in [0.15, 0.2) is 6.10 Å².